The predicted molar refractivity (Wildman–Crippen MR) is 64.8 cm³/mol. The van der Waals surface area contributed by atoms with E-state index in [1.165, 1.54) is 6.07 Å². The van der Waals surface area contributed by atoms with Crippen molar-refractivity contribution < 1.29 is 9.13 Å². The molecule has 0 saturated heterocycles. The number of halogens is 1. The summed E-state index contributed by atoms with van der Waals surface area (Å²) in [5.41, 5.74) is 1.73. The number of hydrogen-bond donors (Lipinski definition) is 1. The molecule has 0 atom stereocenters. The Morgan fingerprint density at radius 1 is 1.44 bits per heavy atom. The first-order valence-corrected chi connectivity index (χ1v) is 5.35. The van der Waals surface area contributed by atoms with Crippen LogP contribution in [0.5, 0.6) is 0 Å². The van der Waals surface area contributed by atoms with Crippen molar-refractivity contribution in [1.29, 1.82) is 0 Å². The number of rotatable bonds is 6. The Hall–Kier alpha value is -1.19. The molecule has 0 saturated carbocycles. The van der Waals surface area contributed by atoms with Crippen molar-refractivity contribution >= 4 is 6.08 Å². The molecule has 1 aromatic carbocycles. The highest BCUT2D eigenvalue weighted by molar-refractivity contribution is 5.53. The van der Waals surface area contributed by atoms with Crippen molar-refractivity contribution in [2.75, 3.05) is 26.8 Å². The molecule has 0 fully saturated rings. The second-order valence-corrected chi connectivity index (χ2v) is 3.68. The average Bonchev–Trinajstić information content (AvgIpc) is 2.28. The largest absolute Gasteiger partial charge is 0.383 e. The maximum atomic E-state index is 13.3. The first-order valence-electron chi connectivity index (χ1n) is 5.35. The molecule has 0 aliphatic carbocycles. The molecule has 0 radical (unpaired) electrons. The average molecular weight is 223 g/mol. The highest BCUT2D eigenvalue weighted by Gasteiger charge is 1.97. The quantitative estimate of drug-likeness (QED) is 0.748. The molecule has 0 heterocycles. The zero-order valence-corrected chi connectivity index (χ0v) is 9.79. The minimum atomic E-state index is -0.182. The van der Waals surface area contributed by atoms with E-state index in [-0.39, 0.29) is 5.82 Å². The fourth-order valence-electron chi connectivity index (χ4n) is 1.37. The SMILES string of the molecule is COCCNCC(C)=Cc1ccccc1F. The van der Waals surface area contributed by atoms with Crippen LogP contribution in [0.3, 0.4) is 0 Å². The van der Waals surface area contributed by atoms with Crippen molar-refractivity contribution in [3.05, 3.63) is 41.2 Å². The molecule has 0 amide bonds. The van der Waals surface area contributed by atoms with Crippen molar-refractivity contribution in [3.63, 3.8) is 0 Å². The van der Waals surface area contributed by atoms with Crippen LogP contribution in [0.2, 0.25) is 0 Å². The second kappa shape index (κ2) is 7.14. The molecule has 0 spiro atoms. The zero-order valence-electron chi connectivity index (χ0n) is 9.79. The minimum absolute atomic E-state index is 0.182. The summed E-state index contributed by atoms with van der Waals surface area (Å²) in [6.45, 7) is 4.22. The van der Waals surface area contributed by atoms with E-state index < -0.39 is 0 Å². The maximum absolute atomic E-state index is 13.3. The van der Waals surface area contributed by atoms with Gasteiger partial charge in [0.05, 0.1) is 6.61 Å². The van der Waals surface area contributed by atoms with E-state index in [0.717, 1.165) is 18.7 Å². The van der Waals surface area contributed by atoms with E-state index >= 15 is 0 Å². The van der Waals surface area contributed by atoms with E-state index in [4.69, 9.17) is 4.74 Å². The van der Waals surface area contributed by atoms with Gasteiger partial charge in [-0.2, -0.15) is 0 Å². The molecule has 0 aliphatic rings. The van der Waals surface area contributed by atoms with Gasteiger partial charge in [-0.25, -0.2) is 4.39 Å². The Labute approximate surface area is 96.1 Å². The molecule has 2 nitrogen and oxygen atoms in total. The van der Waals surface area contributed by atoms with Crippen molar-refractivity contribution in [2.45, 2.75) is 6.92 Å². The van der Waals surface area contributed by atoms with Crippen LogP contribution in [0.1, 0.15) is 12.5 Å². The van der Waals surface area contributed by atoms with Gasteiger partial charge in [-0.15, -0.1) is 0 Å². The molecular weight excluding hydrogens is 205 g/mol. The molecule has 0 aromatic heterocycles. The van der Waals surface area contributed by atoms with E-state index in [1.807, 2.05) is 19.1 Å². The molecule has 3 heteroatoms. The minimum Gasteiger partial charge on any atom is -0.383 e. The lowest BCUT2D eigenvalue weighted by Gasteiger charge is -2.04. The Morgan fingerprint density at radius 2 is 2.19 bits per heavy atom. The molecule has 0 unspecified atom stereocenters. The van der Waals surface area contributed by atoms with Crippen LogP contribution in [-0.2, 0) is 4.74 Å². The molecule has 1 rings (SSSR count). The van der Waals surface area contributed by atoms with Crippen molar-refractivity contribution in [3.8, 4) is 0 Å². The van der Waals surface area contributed by atoms with Crippen LogP contribution in [0, 0.1) is 5.82 Å². The highest BCUT2D eigenvalue weighted by atomic mass is 19.1. The van der Waals surface area contributed by atoms with E-state index in [2.05, 4.69) is 5.32 Å². The molecule has 1 N–H and O–H groups in total. The summed E-state index contributed by atoms with van der Waals surface area (Å²) in [6.07, 6.45) is 1.86. The first kappa shape index (κ1) is 12.9. The van der Waals surface area contributed by atoms with E-state index in [1.54, 1.807) is 19.2 Å². The number of ether oxygens (including phenoxy) is 1. The third-order valence-electron chi connectivity index (χ3n) is 2.19. The van der Waals surface area contributed by atoms with Crippen LogP contribution >= 0.6 is 0 Å². The third kappa shape index (κ3) is 4.55. The van der Waals surface area contributed by atoms with Gasteiger partial charge in [-0.3, -0.25) is 0 Å². The van der Waals surface area contributed by atoms with Gasteiger partial charge in [0.2, 0.25) is 0 Å². The number of benzene rings is 1. The van der Waals surface area contributed by atoms with E-state index in [0.29, 0.717) is 12.2 Å². The van der Waals surface area contributed by atoms with Gasteiger partial charge in [0, 0.05) is 25.8 Å². The summed E-state index contributed by atoms with van der Waals surface area (Å²) in [4.78, 5) is 0. The lowest BCUT2D eigenvalue weighted by Crippen LogP contribution is -2.20. The van der Waals surface area contributed by atoms with Gasteiger partial charge >= 0.3 is 0 Å². The standard InChI is InChI=1S/C13H18FNO/c1-11(10-15-7-8-16-2)9-12-5-3-4-6-13(12)14/h3-6,9,15H,7-8,10H2,1-2H3. The summed E-state index contributed by atoms with van der Waals surface area (Å²) < 4.78 is 18.2. The Bertz CT molecular complexity index is 350. The van der Waals surface area contributed by atoms with Crippen LogP contribution in [-0.4, -0.2) is 26.8 Å². The van der Waals surface area contributed by atoms with Crippen LogP contribution < -0.4 is 5.32 Å². The molecular formula is C13H18FNO. The van der Waals surface area contributed by atoms with Crippen molar-refractivity contribution in [2.24, 2.45) is 0 Å². The topological polar surface area (TPSA) is 21.3 Å². The summed E-state index contributed by atoms with van der Waals surface area (Å²) in [5, 5.41) is 3.21. The van der Waals surface area contributed by atoms with Gasteiger partial charge in [0.15, 0.2) is 0 Å². The fraction of sp³-hybridized carbons (Fsp3) is 0.385. The Balaban J connectivity index is 2.47. The molecule has 1 aromatic rings. The summed E-state index contributed by atoms with van der Waals surface area (Å²) in [7, 11) is 1.67. The van der Waals surface area contributed by atoms with Crippen LogP contribution in [0.4, 0.5) is 4.39 Å². The second-order valence-electron chi connectivity index (χ2n) is 3.68. The zero-order chi connectivity index (χ0) is 11.8. The third-order valence-corrected chi connectivity index (χ3v) is 2.19. The number of nitrogens with one attached hydrogen (secondary N) is 1. The lowest BCUT2D eigenvalue weighted by atomic mass is 10.1. The molecule has 0 aliphatic heterocycles. The number of hydrogen-bond acceptors (Lipinski definition) is 2. The Morgan fingerprint density at radius 3 is 2.88 bits per heavy atom. The van der Waals surface area contributed by atoms with Gasteiger partial charge < -0.3 is 10.1 Å². The smallest absolute Gasteiger partial charge is 0.130 e. The fourth-order valence-corrected chi connectivity index (χ4v) is 1.37. The van der Waals surface area contributed by atoms with Gasteiger partial charge in [0.1, 0.15) is 5.82 Å². The molecule has 0 bridgehead atoms. The summed E-state index contributed by atoms with van der Waals surface area (Å²) in [6, 6.07) is 6.77. The molecule has 16 heavy (non-hydrogen) atoms. The van der Waals surface area contributed by atoms with Crippen LogP contribution in [0.25, 0.3) is 6.08 Å². The predicted octanol–water partition coefficient (Wildman–Crippen LogP) is 2.47. The monoisotopic (exact) mass is 223 g/mol. The normalized spacial score (nSPS) is 11.8. The summed E-state index contributed by atoms with van der Waals surface area (Å²) in [5.74, 6) is -0.182. The van der Waals surface area contributed by atoms with Gasteiger partial charge in [-0.1, -0.05) is 29.8 Å². The van der Waals surface area contributed by atoms with Gasteiger partial charge in [0.25, 0.3) is 0 Å². The highest BCUT2D eigenvalue weighted by Crippen LogP contribution is 2.10. The van der Waals surface area contributed by atoms with Gasteiger partial charge in [-0.05, 0) is 13.0 Å². The number of methoxy groups -OCH3 is 1. The van der Waals surface area contributed by atoms with E-state index in [9.17, 15) is 4.39 Å². The lowest BCUT2D eigenvalue weighted by molar-refractivity contribution is 0.200. The summed E-state index contributed by atoms with van der Waals surface area (Å²) >= 11 is 0. The maximum Gasteiger partial charge on any atom is 0.130 e. The Kier molecular flexibility index (Phi) is 5.75. The van der Waals surface area contributed by atoms with Crippen molar-refractivity contribution in [1.82, 2.24) is 5.32 Å². The first-order chi connectivity index (χ1) is 7.74. The van der Waals surface area contributed by atoms with Crippen LogP contribution in [0.15, 0.2) is 29.8 Å². The molecule has 88 valence electrons.